The van der Waals surface area contributed by atoms with Crippen molar-refractivity contribution < 1.29 is 9.59 Å². The van der Waals surface area contributed by atoms with Crippen LogP contribution < -0.4 is 15.9 Å². The fourth-order valence-electron chi connectivity index (χ4n) is 2.15. The minimum Gasteiger partial charge on any atom is -0.356 e. The summed E-state index contributed by atoms with van der Waals surface area (Å²) >= 11 is 0. The van der Waals surface area contributed by atoms with Crippen LogP contribution in [0, 0.1) is 19.8 Å². The van der Waals surface area contributed by atoms with Gasteiger partial charge in [-0.1, -0.05) is 6.08 Å². The molecule has 100 valence electrons. The van der Waals surface area contributed by atoms with Gasteiger partial charge >= 0.3 is 0 Å². The largest absolute Gasteiger partial charge is 0.356 e. The maximum atomic E-state index is 11.9. The molecule has 1 atom stereocenters. The molecule has 0 saturated heterocycles. The fourth-order valence-corrected chi connectivity index (χ4v) is 2.15. The molecular formula is C15H18N2O2. The normalized spacial score (nSPS) is 17.2. The third-order valence-corrected chi connectivity index (χ3v) is 3.40. The minimum atomic E-state index is -0.235. The Morgan fingerprint density at radius 3 is 2.68 bits per heavy atom. The SMILES string of the molecule is CC(=O)NCCC1C=c2cc(C)c(C)cc2=NC1=O. The van der Waals surface area contributed by atoms with Crippen molar-refractivity contribution >= 4 is 17.9 Å². The number of hydrogen-bond donors (Lipinski definition) is 1. The quantitative estimate of drug-likeness (QED) is 0.852. The summed E-state index contributed by atoms with van der Waals surface area (Å²) in [5, 5.41) is 4.47. The lowest BCUT2D eigenvalue weighted by Gasteiger charge is -2.13. The van der Waals surface area contributed by atoms with E-state index in [9.17, 15) is 9.59 Å². The topological polar surface area (TPSA) is 58.5 Å². The third-order valence-electron chi connectivity index (χ3n) is 3.40. The van der Waals surface area contributed by atoms with Gasteiger partial charge in [0.2, 0.25) is 5.91 Å². The number of carbonyl (C=O) groups excluding carboxylic acids is 2. The van der Waals surface area contributed by atoms with Gasteiger partial charge in [0.25, 0.3) is 5.91 Å². The number of rotatable bonds is 3. The van der Waals surface area contributed by atoms with E-state index in [1.165, 1.54) is 12.5 Å². The van der Waals surface area contributed by atoms with E-state index in [1.54, 1.807) is 0 Å². The van der Waals surface area contributed by atoms with E-state index in [4.69, 9.17) is 0 Å². The second-order valence-electron chi connectivity index (χ2n) is 4.99. The van der Waals surface area contributed by atoms with Crippen LogP contribution in [0.5, 0.6) is 0 Å². The number of nitrogens with zero attached hydrogens (tertiary/aromatic N) is 1. The molecule has 1 aromatic carbocycles. The van der Waals surface area contributed by atoms with E-state index in [-0.39, 0.29) is 17.7 Å². The summed E-state index contributed by atoms with van der Waals surface area (Å²) in [5.41, 5.74) is 2.33. The van der Waals surface area contributed by atoms with Crippen LogP contribution in [0.4, 0.5) is 0 Å². The summed E-state index contributed by atoms with van der Waals surface area (Å²) in [6.45, 7) is 6.03. The van der Waals surface area contributed by atoms with E-state index < -0.39 is 0 Å². The Bertz CT molecular complexity index is 647. The molecule has 1 heterocycles. The number of hydrogen-bond acceptors (Lipinski definition) is 2. The Balaban J connectivity index is 2.26. The molecule has 0 radical (unpaired) electrons. The standard InChI is InChI=1S/C15H18N2O2/c1-9-6-13-8-12(4-5-16-11(3)18)15(19)17-14(13)7-10(9)2/h6-8,12H,4-5H2,1-3H3,(H,16,18). The fraction of sp³-hybridized carbons (Fsp3) is 0.400. The van der Waals surface area contributed by atoms with Crippen LogP contribution in [-0.4, -0.2) is 18.4 Å². The van der Waals surface area contributed by atoms with Gasteiger partial charge in [-0.15, -0.1) is 0 Å². The highest BCUT2D eigenvalue weighted by Crippen LogP contribution is 2.09. The molecule has 19 heavy (non-hydrogen) atoms. The van der Waals surface area contributed by atoms with E-state index in [2.05, 4.69) is 16.4 Å². The summed E-state index contributed by atoms with van der Waals surface area (Å²) in [5.74, 6) is -0.436. The molecule has 1 aromatic rings. The van der Waals surface area contributed by atoms with Crippen molar-refractivity contribution in [2.24, 2.45) is 10.9 Å². The molecule has 4 nitrogen and oxygen atoms in total. The van der Waals surface area contributed by atoms with E-state index in [0.717, 1.165) is 16.1 Å². The highest BCUT2D eigenvalue weighted by molar-refractivity contribution is 5.86. The van der Waals surface area contributed by atoms with Crippen LogP contribution in [-0.2, 0) is 9.59 Å². The summed E-state index contributed by atoms with van der Waals surface area (Å²) in [6.07, 6.45) is 2.55. The Kier molecular flexibility index (Phi) is 3.79. The van der Waals surface area contributed by atoms with Crippen molar-refractivity contribution in [3.63, 3.8) is 0 Å². The van der Waals surface area contributed by atoms with Crippen LogP contribution in [0.25, 0.3) is 6.08 Å². The van der Waals surface area contributed by atoms with Crippen molar-refractivity contribution in [3.05, 3.63) is 33.8 Å². The van der Waals surface area contributed by atoms with Crippen LogP contribution in [0.15, 0.2) is 17.1 Å². The molecule has 1 unspecified atom stereocenters. The average molecular weight is 258 g/mol. The number of aryl methyl sites for hydroxylation is 2. The molecule has 1 aliphatic heterocycles. The predicted octanol–water partition coefficient (Wildman–Crippen LogP) is 0.386. The first-order chi connectivity index (χ1) is 8.97. The lowest BCUT2D eigenvalue weighted by atomic mass is 9.98. The van der Waals surface area contributed by atoms with Crippen LogP contribution >= 0.6 is 0 Å². The third kappa shape index (κ3) is 3.08. The molecule has 0 spiro atoms. The number of nitrogens with one attached hydrogen (secondary N) is 1. The number of carbonyl (C=O) groups is 2. The molecule has 1 N–H and O–H groups in total. The van der Waals surface area contributed by atoms with E-state index in [1.807, 2.05) is 26.0 Å². The average Bonchev–Trinajstić information content (AvgIpc) is 2.32. The number of amides is 2. The van der Waals surface area contributed by atoms with Crippen molar-refractivity contribution in [2.75, 3.05) is 6.54 Å². The molecule has 0 fully saturated rings. The van der Waals surface area contributed by atoms with Gasteiger partial charge in [0.05, 0.1) is 11.3 Å². The monoisotopic (exact) mass is 258 g/mol. The summed E-state index contributed by atoms with van der Waals surface area (Å²) < 4.78 is 0. The van der Waals surface area contributed by atoms with Gasteiger partial charge in [-0.25, -0.2) is 4.99 Å². The zero-order valence-electron chi connectivity index (χ0n) is 11.5. The lowest BCUT2D eigenvalue weighted by Crippen LogP contribution is -2.35. The zero-order chi connectivity index (χ0) is 14.0. The van der Waals surface area contributed by atoms with E-state index >= 15 is 0 Å². The minimum absolute atomic E-state index is 0.0768. The van der Waals surface area contributed by atoms with Crippen molar-refractivity contribution in [1.29, 1.82) is 0 Å². The van der Waals surface area contributed by atoms with Gasteiger partial charge in [0, 0.05) is 13.5 Å². The number of fused-ring (bicyclic) bond motifs is 1. The maximum absolute atomic E-state index is 11.9. The maximum Gasteiger partial charge on any atom is 0.253 e. The molecule has 4 heteroatoms. The van der Waals surface area contributed by atoms with Gasteiger partial charge in [0.15, 0.2) is 0 Å². The zero-order valence-corrected chi connectivity index (χ0v) is 11.5. The van der Waals surface area contributed by atoms with Crippen molar-refractivity contribution in [2.45, 2.75) is 27.2 Å². The number of benzene rings is 1. The van der Waals surface area contributed by atoms with Gasteiger partial charge in [-0.3, -0.25) is 9.59 Å². The highest BCUT2D eigenvalue weighted by atomic mass is 16.2. The molecule has 2 rings (SSSR count). The smallest absolute Gasteiger partial charge is 0.253 e. The first-order valence-electron chi connectivity index (χ1n) is 6.43. The summed E-state index contributed by atoms with van der Waals surface area (Å²) in [6, 6.07) is 4.01. The van der Waals surface area contributed by atoms with Gasteiger partial charge in [0.1, 0.15) is 0 Å². The molecular weight excluding hydrogens is 240 g/mol. The Morgan fingerprint density at radius 2 is 2.00 bits per heavy atom. The lowest BCUT2D eigenvalue weighted by molar-refractivity contribution is -0.121. The summed E-state index contributed by atoms with van der Waals surface area (Å²) in [7, 11) is 0. The first-order valence-corrected chi connectivity index (χ1v) is 6.43. The molecule has 0 saturated carbocycles. The highest BCUT2D eigenvalue weighted by Gasteiger charge is 2.18. The molecule has 1 aliphatic rings. The summed E-state index contributed by atoms with van der Waals surface area (Å²) in [4.78, 5) is 26.9. The second-order valence-corrected chi connectivity index (χ2v) is 4.99. The first kappa shape index (κ1) is 13.5. The van der Waals surface area contributed by atoms with Gasteiger partial charge in [-0.2, -0.15) is 0 Å². The molecule has 0 bridgehead atoms. The van der Waals surface area contributed by atoms with Crippen LogP contribution in [0.2, 0.25) is 0 Å². The Labute approximate surface area is 112 Å². The molecule has 0 aliphatic carbocycles. The van der Waals surface area contributed by atoms with Crippen molar-refractivity contribution in [1.82, 2.24) is 5.32 Å². The van der Waals surface area contributed by atoms with Crippen LogP contribution in [0.3, 0.4) is 0 Å². The van der Waals surface area contributed by atoms with E-state index in [0.29, 0.717) is 13.0 Å². The van der Waals surface area contributed by atoms with Gasteiger partial charge in [-0.05, 0) is 48.7 Å². The predicted molar refractivity (Wildman–Crippen MR) is 73.0 cm³/mol. The Morgan fingerprint density at radius 1 is 1.32 bits per heavy atom. The molecule has 0 aromatic heterocycles. The molecule has 2 amide bonds. The van der Waals surface area contributed by atoms with Gasteiger partial charge < -0.3 is 5.32 Å². The van der Waals surface area contributed by atoms with Crippen molar-refractivity contribution in [3.8, 4) is 0 Å². The van der Waals surface area contributed by atoms with Crippen LogP contribution in [0.1, 0.15) is 24.5 Å². The Hall–Kier alpha value is -1.97. The second kappa shape index (κ2) is 5.34.